The summed E-state index contributed by atoms with van der Waals surface area (Å²) in [5, 5.41) is 23.9. The Morgan fingerprint density at radius 3 is 2.25 bits per heavy atom. The molecule has 0 radical (unpaired) electrons. The molecular weight excluding hydrogens is 428 g/mol. The van der Waals surface area contributed by atoms with Gasteiger partial charge in [-0.25, -0.2) is 4.79 Å². The van der Waals surface area contributed by atoms with E-state index in [1.54, 1.807) is 30.3 Å². The minimum absolute atomic E-state index is 0.106. The molecule has 0 aliphatic heterocycles. The molecule has 0 spiro atoms. The fourth-order valence-corrected chi connectivity index (χ4v) is 3.38. The van der Waals surface area contributed by atoms with E-state index < -0.39 is 5.97 Å². The van der Waals surface area contributed by atoms with E-state index in [-0.39, 0.29) is 34.6 Å². The maximum absolute atomic E-state index is 12.1. The van der Waals surface area contributed by atoms with Crippen LogP contribution in [0.3, 0.4) is 0 Å². The number of phenols is 1. The summed E-state index contributed by atoms with van der Waals surface area (Å²) in [6.45, 7) is 0. The number of amides is 2. The van der Waals surface area contributed by atoms with E-state index in [0.29, 0.717) is 5.69 Å². The zero-order valence-electron chi connectivity index (χ0n) is 16.8. The second kappa shape index (κ2) is 10.8. The topological polar surface area (TPSA) is 116 Å². The number of aromatic carboxylic acids is 1. The highest BCUT2D eigenvalue weighted by Gasteiger charge is 2.12. The van der Waals surface area contributed by atoms with Gasteiger partial charge in [-0.15, -0.1) is 11.8 Å². The molecule has 0 aliphatic carbocycles. The van der Waals surface area contributed by atoms with E-state index in [9.17, 15) is 19.5 Å². The van der Waals surface area contributed by atoms with Gasteiger partial charge in [0.1, 0.15) is 11.3 Å². The number of rotatable bonds is 8. The van der Waals surface area contributed by atoms with Crippen LogP contribution in [0.2, 0.25) is 0 Å². The first-order valence-corrected chi connectivity index (χ1v) is 10.5. The van der Waals surface area contributed by atoms with Crippen LogP contribution in [0.25, 0.3) is 6.08 Å². The number of carbonyl (C=O) groups excluding carboxylic acids is 2. The third-order valence-corrected chi connectivity index (χ3v) is 5.24. The number of nitrogens with one attached hydrogen (secondary N) is 2. The summed E-state index contributed by atoms with van der Waals surface area (Å²) in [7, 11) is 0. The lowest BCUT2D eigenvalue weighted by molar-refractivity contribution is -0.114. The molecule has 3 aromatic rings. The van der Waals surface area contributed by atoms with Crippen LogP contribution in [0.1, 0.15) is 15.9 Å². The highest BCUT2D eigenvalue weighted by atomic mass is 32.2. The molecule has 3 aromatic carbocycles. The summed E-state index contributed by atoms with van der Waals surface area (Å²) in [4.78, 5) is 36.1. The van der Waals surface area contributed by atoms with Crippen LogP contribution in [-0.4, -0.2) is 33.7 Å². The van der Waals surface area contributed by atoms with Crippen LogP contribution in [0, 0.1) is 0 Å². The van der Waals surface area contributed by atoms with Gasteiger partial charge in [-0.3, -0.25) is 9.59 Å². The predicted molar refractivity (Wildman–Crippen MR) is 125 cm³/mol. The van der Waals surface area contributed by atoms with E-state index in [4.69, 9.17) is 5.11 Å². The lowest BCUT2D eigenvalue weighted by atomic mass is 10.2. The first-order valence-electron chi connectivity index (χ1n) is 9.54. The smallest absolute Gasteiger partial charge is 0.339 e. The average molecular weight is 449 g/mol. The van der Waals surface area contributed by atoms with Crippen LogP contribution in [-0.2, 0) is 9.59 Å². The Hall–Kier alpha value is -4.04. The lowest BCUT2D eigenvalue weighted by Crippen LogP contribution is -2.14. The second-order valence-corrected chi connectivity index (χ2v) is 7.68. The summed E-state index contributed by atoms with van der Waals surface area (Å²) in [6.07, 6.45) is 3.19. The fraction of sp³-hybridized carbons (Fsp3) is 0.0417. The SMILES string of the molecule is O=C(/C=C/c1ccccc1)Nc1ccc(SCC(=O)Nc2ccc(O)c(C(=O)O)c2)cc1. The van der Waals surface area contributed by atoms with Crippen molar-refractivity contribution in [3.8, 4) is 5.75 Å². The summed E-state index contributed by atoms with van der Waals surface area (Å²) in [5.41, 5.74) is 1.56. The first-order chi connectivity index (χ1) is 15.4. The predicted octanol–water partition coefficient (Wildman–Crippen LogP) is 4.47. The summed E-state index contributed by atoms with van der Waals surface area (Å²) in [6, 6.07) is 20.4. The number of hydrogen-bond donors (Lipinski definition) is 4. The Morgan fingerprint density at radius 1 is 0.875 bits per heavy atom. The number of anilines is 2. The van der Waals surface area contributed by atoms with Gasteiger partial charge in [0.05, 0.1) is 5.75 Å². The van der Waals surface area contributed by atoms with Crippen molar-refractivity contribution in [2.45, 2.75) is 4.90 Å². The zero-order chi connectivity index (χ0) is 22.9. The highest BCUT2D eigenvalue weighted by molar-refractivity contribution is 8.00. The van der Waals surface area contributed by atoms with E-state index in [1.807, 2.05) is 30.3 Å². The molecular formula is C24H20N2O5S. The van der Waals surface area contributed by atoms with Crippen molar-refractivity contribution < 1.29 is 24.6 Å². The summed E-state index contributed by atoms with van der Waals surface area (Å²) >= 11 is 1.29. The normalized spacial score (nSPS) is 10.6. The number of carbonyl (C=O) groups is 3. The van der Waals surface area contributed by atoms with Crippen molar-refractivity contribution in [2.75, 3.05) is 16.4 Å². The molecule has 32 heavy (non-hydrogen) atoms. The zero-order valence-corrected chi connectivity index (χ0v) is 17.6. The van der Waals surface area contributed by atoms with Gasteiger partial charge in [0, 0.05) is 22.3 Å². The molecule has 3 rings (SSSR count). The van der Waals surface area contributed by atoms with Crippen LogP contribution < -0.4 is 10.6 Å². The van der Waals surface area contributed by atoms with Crippen LogP contribution in [0.15, 0.2) is 83.8 Å². The largest absolute Gasteiger partial charge is 0.507 e. The molecule has 0 saturated carbocycles. The molecule has 0 bridgehead atoms. The minimum atomic E-state index is -1.28. The molecule has 0 saturated heterocycles. The lowest BCUT2D eigenvalue weighted by Gasteiger charge is -2.08. The van der Waals surface area contributed by atoms with Crippen LogP contribution >= 0.6 is 11.8 Å². The Bertz CT molecular complexity index is 1140. The van der Waals surface area contributed by atoms with Gasteiger partial charge in [0.25, 0.3) is 0 Å². The molecule has 0 unspecified atom stereocenters. The number of benzene rings is 3. The van der Waals surface area contributed by atoms with Gasteiger partial charge in [-0.1, -0.05) is 30.3 Å². The Labute approximate surface area is 188 Å². The Morgan fingerprint density at radius 2 is 1.56 bits per heavy atom. The van der Waals surface area contributed by atoms with Crippen molar-refractivity contribution in [3.63, 3.8) is 0 Å². The molecule has 162 valence electrons. The van der Waals surface area contributed by atoms with E-state index >= 15 is 0 Å². The maximum Gasteiger partial charge on any atom is 0.339 e. The molecule has 7 nitrogen and oxygen atoms in total. The Balaban J connectivity index is 1.48. The molecule has 2 amide bonds. The van der Waals surface area contributed by atoms with E-state index in [0.717, 1.165) is 10.5 Å². The van der Waals surface area contributed by atoms with Gasteiger partial charge in [-0.05, 0) is 54.1 Å². The van der Waals surface area contributed by atoms with Gasteiger partial charge >= 0.3 is 5.97 Å². The van der Waals surface area contributed by atoms with E-state index in [2.05, 4.69) is 10.6 Å². The minimum Gasteiger partial charge on any atom is -0.507 e. The van der Waals surface area contributed by atoms with Gasteiger partial charge in [0.2, 0.25) is 11.8 Å². The van der Waals surface area contributed by atoms with E-state index in [1.165, 1.54) is 36.0 Å². The van der Waals surface area contributed by atoms with Crippen molar-refractivity contribution >= 4 is 47.0 Å². The Kier molecular flexibility index (Phi) is 7.66. The van der Waals surface area contributed by atoms with Crippen LogP contribution in [0.4, 0.5) is 11.4 Å². The van der Waals surface area contributed by atoms with Crippen molar-refractivity contribution in [1.29, 1.82) is 0 Å². The molecule has 4 N–H and O–H groups in total. The number of aromatic hydroxyl groups is 1. The molecule has 0 fully saturated rings. The monoisotopic (exact) mass is 448 g/mol. The standard InChI is InChI=1S/C24H20N2O5S/c27-21-12-9-18(14-20(21)24(30)31)26-23(29)15-32-19-10-7-17(8-11-19)25-22(28)13-6-16-4-2-1-3-5-16/h1-14,27H,15H2,(H,25,28)(H,26,29)(H,30,31)/b13-6+. The van der Waals surface area contributed by atoms with Crippen molar-refractivity contribution in [2.24, 2.45) is 0 Å². The van der Waals surface area contributed by atoms with Gasteiger partial charge in [0.15, 0.2) is 0 Å². The molecule has 0 atom stereocenters. The second-order valence-electron chi connectivity index (χ2n) is 6.63. The first kappa shape index (κ1) is 22.6. The number of hydrogen-bond acceptors (Lipinski definition) is 5. The number of carboxylic acids is 1. The quantitative estimate of drug-likeness (QED) is 0.230. The molecule has 0 aliphatic rings. The van der Waals surface area contributed by atoms with Crippen molar-refractivity contribution in [3.05, 3.63) is 90.0 Å². The van der Waals surface area contributed by atoms with Crippen LogP contribution in [0.5, 0.6) is 5.75 Å². The third kappa shape index (κ3) is 6.75. The maximum atomic E-state index is 12.1. The molecule has 8 heteroatoms. The summed E-state index contributed by atoms with van der Waals surface area (Å²) < 4.78 is 0. The number of thioether (sulfide) groups is 1. The van der Waals surface area contributed by atoms with Gasteiger partial charge in [-0.2, -0.15) is 0 Å². The highest BCUT2D eigenvalue weighted by Crippen LogP contribution is 2.23. The average Bonchev–Trinajstić information content (AvgIpc) is 2.79. The fourth-order valence-electron chi connectivity index (χ4n) is 2.69. The summed E-state index contributed by atoms with van der Waals surface area (Å²) in [5.74, 6) is -2.11. The third-order valence-electron chi connectivity index (χ3n) is 4.23. The molecule has 0 heterocycles. The number of carboxylic acid groups (broad SMARTS) is 1. The van der Waals surface area contributed by atoms with Gasteiger partial charge < -0.3 is 20.8 Å². The molecule has 0 aromatic heterocycles. The van der Waals surface area contributed by atoms with Crippen molar-refractivity contribution in [1.82, 2.24) is 0 Å².